The lowest BCUT2D eigenvalue weighted by atomic mass is 9.93. The van der Waals surface area contributed by atoms with Gasteiger partial charge in [-0.1, -0.05) is 36.4 Å². The quantitative estimate of drug-likeness (QED) is 0.0449. The second kappa shape index (κ2) is 24.4. The minimum absolute atomic E-state index is 0.0614. The molecule has 4 aromatic carbocycles. The number of carbonyl (C=O) groups excluding carboxylic acids is 2. The number of fused-ring (bicyclic) bond motifs is 6. The average Bonchev–Trinajstić information content (AvgIpc) is 3.76. The van der Waals surface area contributed by atoms with Crippen LogP contribution in [0.15, 0.2) is 72.8 Å². The predicted molar refractivity (Wildman–Crippen MR) is 232 cm³/mol. The lowest BCUT2D eigenvalue weighted by Crippen LogP contribution is -2.17. The number of phenolic OH excluding ortho intramolecular Hbond substituents is 2. The molecule has 16 nitrogen and oxygen atoms in total. The molecule has 334 valence electrons. The Kier molecular flexibility index (Phi) is 18.2. The van der Waals surface area contributed by atoms with Gasteiger partial charge in [0, 0.05) is 57.9 Å². The highest BCUT2D eigenvalue weighted by atomic mass is 16.6. The van der Waals surface area contributed by atoms with E-state index in [0.717, 1.165) is 21.8 Å². The Hall–Kier alpha value is -5.30. The van der Waals surface area contributed by atoms with Crippen LogP contribution in [0.3, 0.4) is 0 Å². The van der Waals surface area contributed by atoms with E-state index in [2.05, 4.69) is 0 Å². The van der Waals surface area contributed by atoms with Gasteiger partial charge < -0.3 is 66.7 Å². The van der Waals surface area contributed by atoms with Crippen LogP contribution in [0.4, 0.5) is 0 Å². The van der Waals surface area contributed by atoms with Crippen molar-refractivity contribution in [3.05, 3.63) is 72.8 Å². The van der Waals surface area contributed by atoms with Crippen LogP contribution in [0.5, 0.6) is 11.5 Å². The first-order valence-electron chi connectivity index (χ1n) is 20.7. The zero-order valence-corrected chi connectivity index (χ0v) is 35.3. The van der Waals surface area contributed by atoms with Gasteiger partial charge in [0.15, 0.2) is 0 Å². The van der Waals surface area contributed by atoms with Crippen molar-refractivity contribution >= 4 is 55.6 Å². The molecular formula is C46H56N2O14. The third-order valence-corrected chi connectivity index (χ3v) is 9.99. The van der Waals surface area contributed by atoms with E-state index in [1.165, 1.54) is 0 Å². The highest BCUT2D eigenvalue weighted by Crippen LogP contribution is 2.49. The number of rotatable bonds is 29. The fourth-order valence-electron chi connectivity index (χ4n) is 7.25. The number of esters is 2. The molecule has 0 bridgehead atoms. The summed E-state index contributed by atoms with van der Waals surface area (Å²) in [5.74, 6) is -1.07. The molecule has 0 radical (unpaired) electrons. The van der Waals surface area contributed by atoms with Crippen LogP contribution < -0.4 is 0 Å². The molecule has 6 rings (SSSR count). The molecule has 0 saturated heterocycles. The number of methoxy groups -OCH3 is 2. The molecule has 0 saturated carbocycles. The van der Waals surface area contributed by atoms with Crippen molar-refractivity contribution in [2.45, 2.75) is 13.1 Å². The van der Waals surface area contributed by atoms with Crippen molar-refractivity contribution in [3.8, 4) is 22.6 Å². The maximum Gasteiger partial charge on any atom is 0.326 e. The Morgan fingerprint density at radius 1 is 0.419 bits per heavy atom. The number of para-hydroxylation sites is 2. The molecule has 16 heteroatoms. The second-order valence-corrected chi connectivity index (χ2v) is 14.0. The maximum atomic E-state index is 13.3. The molecule has 0 amide bonds. The molecule has 62 heavy (non-hydrogen) atoms. The third-order valence-electron chi connectivity index (χ3n) is 9.99. The summed E-state index contributed by atoms with van der Waals surface area (Å²) in [6.07, 6.45) is 0. The minimum atomic E-state index is -0.466. The zero-order valence-electron chi connectivity index (χ0n) is 35.3. The topological polar surface area (TPSA) is 177 Å². The van der Waals surface area contributed by atoms with Gasteiger partial charge in [0.2, 0.25) is 0 Å². The standard InChI is InChI=1S/C46H56N2O14/c1-53-15-17-55-19-21-57-23-25-59-27-29-61-41(51)31-47-35-9-5-3-7-33(35)43-37(47)11-13-39(49)45(43)46-40(50)14-12-38-44(46)34-8-4-6-10-36(34)48(38)32-42(52)62-30-28-60-26-24-58-22-20-56-18-16-54-2/h3-14,49-50H,15-32H2,1-2H3. The Bertz CT molecular complexity index is 2190. The average molecular weight is 861 g/mol. The summed E-state index contributed by atoms with van der Waals surface area (Å²) in [6, 6.07) is 21.8. The molecule has 0 aliphatic carbocycles. The van der Waals surface area contributed by atoms with Gasteiger partial charge in [-0.2, -0.15) is 0 Å². The van der Waals surface area contributed by atoms with Gasteiger partial charge in [0.05, 0.1) is 104 Å². The van der Waals surface area contributed by atoms with Crippen molar-refractivity contribution in [3.63, 3.8) is 0 Å². The number of hydrogen-bond acceptors (Lipinski definition) is 14. The third kappa shape index (κ3) is 12.0. The number of nitrogens with zero attached hydrogens (tertiary/aromatic N) is 2. The summed E-state index contributed by atoms with van der Waals surface area (Å²) in [6.45, 7) is 5.68. The van der Waals surface area contributed by atoms with Crippen molar-refractivity contribution < 1.29 is 67.2 Å². The maximum absolute atomic E-state index is 13.3. The lowest BCUT2D eigenvalue weighted by molar-refractivity contribution is -0.146. The van der Waals surface area contributed by atoms with Crippen LogP contribution in [0.2, 0.25) is 0 Å². The molecule has 0 aliphatic heterocycles. The van der Waals surface area contributed by atoms with E-state index in [4.69, 9.17) is 47.4 Å². The van der Waals surface area contributed by atoms with Crippen LogP contribution in [0.1, 0.15) is 0 Å². The molecule has 0 unspecified atom stereocenters. The van der Waals surface area contributed by atoms with E-state index >= 15 is 0 Å². The molecular weight excluding hydrogens is 805 g/mol. The van der Waals surface area contributed by atoms with Gasteiger partial charge in [-0.3, -0.25) is 9.59 Å². The van der Waals surface area contributed by atoms with Gasteiger partial charge >= 0.3 is 11.9 Å². The number of phenols is 2. The molecule has 0 aliphatic rings. The summed E-state index contributed by atoms with van der Waals surface area (Å²) in [7, 11) is 3.24. The van der Waals surface area contributed by atoms with Crippen molar-refractivity contribution in [2.75, 3.05) is 120 Å². The summed E-state index contributed by atoms with van der Waals surface area (Å²) in [5, 5.41) is 26.2. The van der Waals surface area contributed by atoms with Crippen LogP contribution in [-0.2, 0) is 70.0 Å². The van der Waals surface area contributed by atoms with E-state index in [0.29, 0.717) is 112 Å². The first kappa shape index (κ1) is 46.2. The monoisotopic (exact) mass is 860 g/mol. The zero-order chi connectivity index (χ0) is 43.5. The second-order valence-electron chi connectivity index (χ2n) is 14.0. The van der Waals surface area contributed by atoms with Gasteiger partial charge in [0.1, 0.15) is 37.8 Å². The number of hydrogen-bond donors (Lipinski definition) is 2. The Morgan fingerprint density at radius 2 is 0.742 bits per heavy atom. The molecule has 0 spiro atoms. The number of aromatic nitrogens is 2. The summed E-state index contributed by atoms with van der Waals surface area (Å²) < 4.78 is 57.5. The predicted octanol–water partition coefficient (Wildman–Crippen LogP) is 5.46. The molecule has 6 aromatic rings. The van der Waals surface area contributed by atoms with Gasteiger partial charge in [-0.05, 0) is 36.4 Å². The molecule has 0 fully saturated rings. The van der Waals surface area contributed by atoms with E-state index in [1.54, 1.807) is 38.5 Å². The van der Waals surface area contributed by atoms with E-state index in [-0.39, 0.29) is 51.0 Å². The number of ether oxygens (including phenoxy) is 10. The summed E-state index contributed by atoms with van der Waals surface area (Å²) >= 11 is 0. The highest BCUT2D eigenvalue weighted by Gasteiger charge is 2.26. The fourth-order valence-corrected chi connectivity index (χ4v) is 7.25. The molecule has 2 heterocycles. The van der Waals surface area contributed by atoms with Gasteiger partial charge in [-0.25, -0.2) is 0 Å². The van der Waals surface area contributed by atoms with E-state index in [9.17, 15) is 19.8 Å². The Labute approximate surface area is 359 Å². The van der Waals surface area contributed by atoms with E-state index < -0.39 is 11.9 Å². The van der Waals surface area contributed by atoms with Crippen LogP contribution in [0.25, 0.3) is 54.7 Å². The number of aromatic hydroxyl groups is 2. The smallest absolute Gasteiger partial charge is 0.326 e. The Morgan fingerprint density at radius 3 is 1.10 bits per heavy atom. The van der Waals surface area contributed by atoms with Gasteiger partial charge in [-0.15, -0.1) is 0 Å². The largest absolute Gasteiger partial charge is 0.507 e. The molecule has 2 N–H and O–H groups in total. The summed E-state index contributed by atoms with van der Waals surface area (Å²) in [5.41, 5.74) is 3.55. The van der Waals surface area contributed by atoms with Crippen LogP contribution in [-0.4, -0.2) is 151 Å². The highest BCUT2D eigenvalue weighted by molar-refractivity contribution is 6.23. The fraction of sp³-hybridized carbons (Fsp3) is 0.435. The SMILES string of the molecule is COCCOCCOCCOCCOC(=O)Cn1c2ccccc2c2c(-c3c(O)ccc4c3c3ccccc3n4CC(=O)OCCOCCOCCOCCOC)c(O)ccc21. The van der Waals surface area contributed by atoms with E-state index in [1.807, 2.05) is 57.7 Å². The van der Waals surface area contributed by atoms with Crippen molar-refractivity contribution in [2.24, 2.45) is 0 Å². The van der Waals surface area contributed by atoms with Gasteiger partial charge in [0.25, 0.3) is 0 Å². The van der Waals surface area contributed by atoms with Crippen LogP contribution >= 0.6 is 0 Å². The van der Waals surface area contributed by atoms with Crippen molar-refractivity contribution in [1.82, 2.24) is 9.13 Å². The summed E-state index contributed by atoms with van der Waals surface area (Å²) in [4.78, 5) is 26.5. The van der Waals surface area contributed by atoms with Crippen LogP contribution in [0, 0.1) is 0 Å². The van der Waals surface area contributed by atoms with Crippen molar-refractivity contribution in [1.29, 1.82) is 0 Å². The normalized spacial score (nSPS) is 11.7. The first-order chi connectivity index (χ1) is 30.4. The minimum Gasteiger partial charge on any atom is -0.507 e. The molecule has 2 aromatic heterocycles. The Balaban J connectivity index is 1.15. The first-order valence-corrected chi connectivity index (χ1v) is 20.7. The molecule has 0 atom stereocenters. The lowest BCUT2D eigenvalue weighted by Gasteiger charge is -2.13. The number of carbonyl (C=O) groups is 2. The number of benzene rings is 4.